The lowest BCUT2D eigenvalue weighted by Crippen LogP contribution is -2.12. The second-order valence-electron chi connectivity index (χ2n) is 18.4. The zero-order chi connectivity index (χ0) is 45.2. The molecule has 0 amide bonds. The minimum Gasteiger partial charge on any atom is -0.309 e. The number of nitrogens with zero attached hydrogens (tertiary/aromatic N) is 3. The van der Waals surface area contributed by atoms with Crippen LogP contribution in [-0.2, 0) is 0 Å². The van der Waals surface area contributed by atoms with Crippen LogP contribution in [0.1, 0.15) is 0 Å². The summed E-state index contributed by atoms with van der Waals surface area (Å²) in [6, 6.07) is 92.0. The largest absolute Gasteiger partial charge is 0.309 e. The normalized spacial score (nSPS) is 12.1. The highest BCUT2D eigenvalue weighted by atomic mass is 15.2. The van der Waals surface area contributed by atoms with Gasteiger partial charge in [0.2, 0.25) is 0 Å². The fourth-order valence-corrected chi connectivity index (χ4v) is 12.0. The van der Waals surface area contributed by atoms with Crippen molar-refractivity contribution in [3.63, 3.8) is 0 Å². The van der Waals surface area contributed by atoms with Gasteiger partial charge in [0.05, 0.1) is 33.4 Å². The van der Waals surface area contributed by atoms with Gasteiger partial charge in [0, 0.05) is 38.6 Å². The van der Waals surface area contributed by atoms with Gasteiger partial charge in [0.15, 0.2) is 0 Å². The Morgan fingerprint density at radius 1 is 0.246 bits per heavy atom. The molecule has 0 fully saturated rings. The number of aromatic nitrogens is 2. The van der Waals surface area contributed by atoms with E-state index in [-0.39, 0.29) is 0 Å². The third-order valence-corrected chi connectivity index (χ3v) is 14.8. The highest BCUT2D eigenvalue weighted by Gasteiger charge is 2.25. The van der Waals surface area contributed by atoms with E-state index in [1.54, 1.807) is 0 Å². The second-order valence-corrected chi connectivity index (χ2v) is 18.4. The third kappa shape index (κ3) is 5.44. The van der Waals surface area contributed by atoms with Gasteiger partial charge in [-0.3, -0.25) is 0 Å². The Kier molecular flexibility index (Phi) is 8.07. The smallest absolute Gasteiger partial charge is 0.0782 e. The maximum absolute atomic E-state index is 2.55. The van der Waals surface area contributed by atoms with Crippen LogP contribution in [-0.4, -0.2) is 9.13 Å². The molecule has 3 heteroatoms. The van der Waals surface area contributed by atoms with Gasteiger partial charge in [-0.15, -0.1) is 0 Å². The number of rotatable bonds is 5. The predicted molar refractivity (Wildman–Crippen MR) is 295 cm³/mol. The monoisotopic (exact) mass is 875 g/mol. The van der Waals surface area contributed by atoms with Crippen molar-refractivity contribution in [1.29, 1.82) is 0 Å². The Hall–Kier alpha value is -9.18. The molecule has 0 spiro atoms. The Morgan fingerprint density at radius 2 is 0.638 bits per heavy atom. The SMILES string of the molecule is c1ccc(-n2c3ccccc3c3c(-n4c5ccccc5c5cccc(N(c6ccc7c8ccccc8c8ccccc8c7c6)c6ccc7c8ccccc8c8ccccc8c7c6)c54)cccc32)cc1. The summed E-state index contributed by atoms with van der Waals surface area (Å²) in [6.45, 7) is 0. The summed E-state index contributed by atoms with van der Waals surface area (Å²) in [5.41, 5.74) is 10.2. The summed E-state index contributed by atoms with van der Waals surface area (Å²) in [5, 5.41) is 19.9. The molecule has 0 N–H and O–H groups in total. The summed E-state index contributed by atoms with van der Waals surface area (Å²) in [7, 11) is 0. The number of fused-ring (bicyclic) bond motifs is 18. The third-order valence-electron chi connectivity index (χ3n) is 14.8. The first-order chi connectivity index (χ1) is 34.3. The lowest BCUT2D eigenvalue weighted by atomic mass is 9.93. The average molecular weight is 876 g/mol. The number of benzene rings is 13. The topological polar surface area (TPSA) is 13.1 Å². The fourth-order valence-electron chi connectivity index (χ4n) is 12.0. The van der Waals surface area contributed by atoms with Crippen LogP contribution in [0.2, 0.25) is 0 Å². The standard InChI is InChI=1S/C66H41N3/c1-2-18-42(19-3-1)68-61-32-15-13-29-57(61)65-62(68)33-17-34-63(65)69-60-31-14-12-28-55(60)56-30-16-35-64(66(56)69)67(43-36-38-53-49-24-6-4-20-45(49)47-22-8-10-26-51(47)58(53)40-43)44-37-39-54-50-25-7-5-21-46(50)48-23-9-11-27-52(48)59(54)41-44/h1-41H. The van der Waals surface area contributed by atoms with Crippen LogP contribution in [0, 0.1) is 0 Å². The van der Waals surface area contributed by atoms with Crippen molar-refractivity contribution in [3.05, 3.63) is 249 Å². The van der Waals surface area contributed by atoms with Crippen molar-refractivity contribution in [2.45, 2.75) is 0 Å². The van der Waals surface area contributed by atoms with Crippen molar-refractivity contribution in [2.75, 3.05) is 4.90 Å². The van der Waals surface area contributed by atoms with Crippen LogP contribution in [0.15, 0.2) is 249 Å². The van der Waals surface area contributed by atoms with Crippen molar-refractivity contribution in [2.24, 2.45) is 0 Å². The van der Waals surface area contributed by atoms with Gasteiger partial charge in [0.25, 0.3) is 0 Å². The molecule has 0 aliphatic rings. The minimum absolute atomic E-state index is 1.09. The molecule has 0 saturated heterocycles. The van der Waals surface area contributed by atoms with Gasteiger partial charge in [-0.1, -0.05) is 182 Å². The molecule has 3 nitrogen and oxygen atoms in total. The van der Waals surface area contributed by atoms with E-state index in [4.69, 9.17) is 0 Å². The molecule has 13 aromatic carbocycles. The highest BCUT2D eigenvalue weighted by molar-refractivity contribution is 6.28. The zero-order valence-electron chi connectivity index (χ0n) is 37.5. The summed E-state index contributed by atoms with van der Waals surface area (Å²) >= 11 is 0. The summed E-state index contributed by atoms with van der Waals surface area (Å²) in [6.07, 6.45) is 0. The van der Waals surface area contributed by atoms with E-state index in [9.17, 15) is 0 Å². The number of hydrogen-bond acceptors (Lipinski definition) is 1. The van der Waals surface area contributed by atoms with E-state index in [0.29, 0.717) is 0 Å². The number of anilines is 3. The molecule has 0 saturated carbocycles. The van der Waals surface area contributed by atoms with Crippen LogP contribution in [0.5, 0.6) is 0 Å². The summed E-state index contributed by atoms with van der Waals surface area (Å²) in [4.78, 5) is 2.53. The first-order valence-electron chi connectivity index (χ1n) is 23.9. The van der Waals surface area contributed by atoms with Gasteiger partial charge in [-0.05, 0) is 131 Å². The van der Waals surface area contributed by atoms with E-state index in [0.717, 1.165) is 39.5 Å². The number of para-hydroxylation sites is 4. The molecule has 0 aliphatic carbocycles. The van der Waals surface area contributed by atoms with Gasteiger partial charge in [-0.25, -0.2) is 0 Å². The Balaban J connectivity index is 1.09. The summed E-state index contributed by atoms with van der Waals surface area (Å²) < 4.78 is 4.96. The van der Waals surface area contributed by atoms with E-state index in [2.05, 4.69) is 263 Å². The number of hydrogen-bond donors (Lipinski definition) is 0. The summed E-state index contributed by atoms with van der Waals surface area (Å²) in [5.74, 6) is 0. The van der Waals surface area contributed by atoms with E-state index in [1.807, 2.05) is 0 Å². The lowest BCUT2D eigenvalue weighted by molar-refractivity contribution is 1.16. The molecule has 0 unspecified atom stereocenters. The van der Waals surface area contributed by atoms with Gasteiger partial charge < -0.3 is 14.0 Å². The van der Waals surface area contributed by atoms with Crippen molar-refractivity contribution in [1.82, 2.24) is 9.13 Å². The quantitative estimate of drug-likeness (QED) is 0.157. The molecule has 15 aromatic rings. The van der Waals surface area contributed by atoms with Crippen LogP contribution in [0.25, 0.3) is 120 Å². The maximum atomic E-state index is 2.55. The van der Waals surface area contributed by atoms with E-state index in [1.165, 1.54) is 97.2 Å². The molecule has 69 heavy (non-hydrogen) atoms. The second kappa shape index (κ2) is 14.7. The van der Waals surface area contributed by atoms with Crippen molar-refractivity contribution >= 4 is 125 Å². The molecular weight excluding hydrogens is 835 g/mol. The molecule has 15 rings (SSSR count). The van der Waals surface area contributed by atoms with Gasteiger partial charge in [0.1, 0.15) is 0 Å². The van der Waals surface area contributed by atoms with Crippen molar-refractivity contribution in [3.8, 4) is 11.4 Å². The molecule has 2 heterocycles. The zero-order valence-corrected chi connectivity index (χ0v) is 37.5. The van der Waals surface area contributed by atoms with Crippen LogP contribution in [0.4, 0.5) is 17.1 Å². The molecule has 320 valence electrons. The molecule has 2 aromatic heterocycles. The van der Waals surface area contributed by atoms with Crippen LogP contribution >= 0.6 is 0 Å². The van der Waals surface area contributed by atoms with Crippen LogP contribution in [0.3, 0.4) is 0 Å². The van der Waals surface area contributed by atoms with Crippen LogP contribution < -0.4 is 4.90 Å². The molecule has 0 bridgehead atoms. The first-order valence-corrected chi connectivity index (χ1v) is 23.9. The van der Waals surface area contributed by atoms with Crippen molar-refractivity contribution < 1.29 is 0 Å². The minimum atomic E-state index is 1.09. The van der Waals surface area contributed by atoms with Gasteiger partial charge >= 0.3 is 0 Å². The maximum Gasteiger partial charge on any atom is 0.0782 e. The van der Waals surface area contributed by atoms with E-state index >= 15 is 0 Å². The molecular formula is C66H41N3. The molecule has 0 radical (unpaired) electrons. The highest BCUT2D eigenvalue weighted by Crippen LogP contribution is 2.48. The Morgan fingerprint density at radius 3 is 1.17 bits per heavy atom. The Bertz CT molecular complexity index is 4380. The molecule has 0 atom stereocenters. The molecule has 0 aliphatic heterocycles. The fraction of sp³-hybridized carbons (Fsp3) is 0. The average Bonchev–Trinajstić information content (AvgIpc) is 3.95. The Labute approximate surface area is 397 Å². The lowest BCUT2D eigenvalue weighted by Gasteiger charge is -2.28. The van der Waals surface area contributed by atoms with Gasteiger partial charge in [-0.2, -0.15) is 0 Å². The predicted octanol–water partition coefficient (Wildman–Crippen LogP) is 18.3. The van der Waals surface area contributed by atoms with E-state index < -0.39 is 0 Å². The first kappa shape index (κ1) is 38.0.